The second-order valence-electron chi connectivity index (χ2n) is 3.05. The Morgan fingerprint density at radius 3 is 2.86 bits per heavy atom. The summed E-state index contributed by atoms with van der Waals surface area (Å²) in [6, 6.07) is 1.41. The Bertz CT molecular complexity index is 409. The van der Waals surface area contributed by atoms with Gasteiger partial charge in [-0.25, -0.2) is 0 Å². The predicted molar refractivity (Wildman–Crippen MR) is 53.9 cm³/mol. The third kappa shape index (κ3) is 2.12. The van der Waals surface area contributed by atoms with Crippen molar-refractivity contribution in [3.05, 3.63) is 28.2 Å². The molecule has 0 spiro atoms. The molecule has 1 aromatic heterocycles. The summed E-state index contributed by atoms with van der Waals surface area (Å²) in [5, 5.41) is 2.44. The van der Waals surface area contributed by atoms with Crippen LogP contribution < -0.4 is 16.6 Å². The number of hydrogen-bond donors (Lipinski definition) is 2. The summed E-state index contributed by atoms with van der Waals surface area (Å²) < 4.78 is 1.28. The molecule has 0 saturated carbocycles. The van der Waals surface area contributed by atoms with E-state index in [9.17, 15) is 9.59 Å². The number of amides is 1. The first kappa shape index (κ1) is 10.3. The number of nitrogen functional groups attached to an aromatic ring is 1. The van der Waals surface area contributed by atoms with Crippen molar-refractivity contribution in [3.8, 4) is 0 Å². The maximum absolute atomic E-state index is 11.4. The molecule has 76 valence electrons. The van der Waals surface area contributed by atoms with Crippen LogP contribution in [0.3, 0.4) is 0 Å². The van der Waals surface area contributed by atoms with Gasteiger partial charge < -0.3 is 15.6 Å². The molecule has 0 aliphatic heterocycles. The fourth-order valence-corrected chi connectivity index (χ4v) is 1.04. The van der Waals surface area contributed by atoms with E-state index in [4.69, 9.17) is 5.73 Å². The fourth-order valence-electron chi connectivity index (χ4n) is 1.04. The van der Waals surface area contributed by atoms with E-state index in [0.29, 0.717) is 5.69 Å². The van der Waals surface area contributed by atoms with Crippen LogP contribution in [0.4, 0.5) is 5.69 Å². The highest BCUT2D eigenvalue weighted by atomic mass is 16.2. The smallest absolute Gasteiger partial charge is 0.251 e. The van der Waals surface area contributed by atoms with Crippen molar-refractivity contribution in [1.29, 1.82) is 0 Å². The molecule has 0 unspecified atom stereocenters. The lowest BCUT2D eigenvalue weighted by Gasteiger charge is -2.06. The number of likely N-dealkylation sites (N-methyl/N-ethyl adjacent to an activating group) is 1. The number of aromatic nitrogens is 1. The molecule has 1 amide bonds. The summed E-state index contributed by atoms with van der Waals surface area (Å²) >= 11 is 0. The Hall–Kier alpha value is -1.78. The van der Waals surface area contributed by atoms with Crippen molar-refractivity contribution in [2.24, 2.45) is 0 Å². The van der Waals surface area contributed by atoms with E-state index >= 15 is 0 Å². The average molecular weight is 195 g/mol. The zero-order valence-electron chi connectivity index (χ0n) is 8.20. The Morgan fingerprint density at radius 2 is 2.29 bits per heavy atom. The number of aryl methyl sites for hydroxylation is 1. The Labute approximate surface area is 81.5 Å². The molecule has 0 atom stereocenters. The van der Waals surface area contributed by atoms with Crippen LogP contribution in [0, 0.1) is 6.92 Å². The van der Waals surface area contributed by atoms with Crippen molar-refractivity contribution < 1.29 is 4.79 Å². The van der Waals surface area contributed by atoms with E-state index in [1.54, 1.807) is 6.92 Å². The van der Waals surface area contributed by atoms with Crippen molar-refractivity contribution in [3.63, 3.8) is 0 Å². The quantitative estimate of drug-likeness (QED) is 0.667. The molecule has 14 heavy (non-hydrogen) atoms. The molecule has 3 N–H and O–H groups in total. The van der Waals surface area contributed by atoms with Gasteiger partial charge in [-0.05, 0) is 12.5 Å². The summed E-state index contributed by atoms with van der Waals surface area (Å²) in [5.41, 5.74) is 6.63. The maximum Gasteiger partial charge on any atom is 0.251 e. The molecule has 0 saturated heterocycles. The third-order valence-corrected chi connectivity index (χ3v) is 1.97. The van der Waals surface area contributed by atoms with E-state index in [1.165, 1.54) is 23.9 Å². The molecule has 0 fully saturated rings. The summed E-state index contributed by atoms with van der Waals surface area (Å²) in [6.07, 6.45) is 1.48. The number of hydrogen-bond acceptors (Lipinski definition) is 3. The monoisotopic (exact) mass is 195 g/mol. The molecule has 5 heteroatoms. The first-order chi connectivity index (χ1) is 6.54. The number of nitrogens with zero attached hydrogens (tertiary/aromatic N) is 1. The van der Waals surface area contributed by atoms with Crippen LogP contribution in [0.5, 0.6) is 0 Å². The van der Waals surface area contributed by atoms with Gasteiger partial charge in [0.1, 0.15) is 6.54 Å². The molecule has 0 radical (unpaired) electrons. The first-order valence-corrected chi connectivity index (χ1v) is 4.21. The van der Waals surface area contributed by atoms with Crippen LogP contribution in [-0.2, 0) is 11.3 Å². The molecule has 5 nitrogen and oxygen atoms in total. The van der Waals surface area contributed by atoms with Crippen LogP contribution in [0.2, 0.25) is 0 Å². The normalized spacial score (nSPS) is 9.86. The van der Waals surface area contributed by atoms with Crippen molar-refractivity contribution in [1.82, 2.24) is 9.88 Å². The molecule has 0 bridgehead atoms. The Morgan fingerprint density at radius 1 is 1.64 bits per heavy atom. The highest BCUT2D eigenvalue weighted by Crippen LogP contribution is 2.04. The van der Waals surface area contributed by atoms with Crippen molar-refractivity contribution in [2.75, 3.05) is 12.8 Å². The Balaban J connectivity index is 3.04. The molecular weight excluding hydrogens is 182 g/mol. The van der Waals surface area contributed by atoms with Gasteiger partial charge in [-0.15, -0.1) is 0 Å². The van der Waals surface area contributed by atoms with Gasteiger partial charge in [-0.3, -0.25) is 9.59 Å². The number of carbonyl (C=O) groups excluding carboxylic acids is 1. The molecule has 1 heterocycles. The molecule has 0 aliphatic rings. The summed E-state index contributed by atoms with van der Waals surface area (Å²) in [4.78, 5) is 22.4. The van der Waals surface area contributed by atoms with Crippen molar-refractivity contribution >= 4 is 11.6 Å². The zero-order valence-corrected chi connectivity index (χ0v) is 8.20. The highest BCUT2D eigenvalue weighted by Gasteiger charge is 2.04. The van der Waals surface area contributed by atoms with Crippen LogP contribution in [0.15, 0.2) is 17.1 Å². The minimum atomic E-state index is -0.227. The number of anilines is 1. The van der Waals surface area contributed by atoms with E-state index in [1.807, 2.05) is 0 Å². The standard InChI is InChI=1S/C9H13N3O2/c1-6-3-9(14)12(4-7(6)10)5-8(13)11-2/h3-4H,5,10H2,1-2H3,(H,11,13). The van der Waals surface area contributed by atoms with Gasteiger partial charge in [-0.2, -0.15) is 0 Å². The molecular formula is C9H13N3O2. The number of pyridine rings is 1. The second kappa shape index (κ2) is 3.95. The minimum absolute atomic E-state index is 0.000185. The summed E-state index contributed by atoms with van der Waals surface area (Å²) in [6.45, 7) is 1.75. The van der Waals surface area contributed by atoms with E-state index < -0.39 is 0 Å². The van der Waals surface area contributed by atoms with Gasteiger partial charge >= 0.3 is 0 Å². The third-order valence-electron chi connectivity index (χ3n) is 1.97. The lowest BCUT2D eigenvalue weighted by atomic mass is 10.2. The van der Waals surface area contributed by atoms with Crippen LogP contribution in [0.25, 0.3) is 0 Å². The topological polar surface area (TPSA) is 77.1 Å². The number of nitrogens with one attached hydrogen (secondary N) is 1. The lowest BCUT2D eigenvalue weighted by molar-refractivity contribution is -0.121. The predicted octanol–water partition coefficient (Wildman–Crippen LogP) is -0.515. The first-order valence-electron chi connectivity index (χ1n) is 4.21. The van der Waals surface area contributed by atoms with Crippen molar-refractivity contribution in [2.45, 2.75) is 13.5 Å². The Kier molecular flexibility index (Phi) is 2.91. The average Bonchev–Trinajstić information content (AvgIpc) is 2.14. The number of rotatable bonds is 2. The van der Waals surface area contributed by atoms with Crippen LogP contribution >= 0.6 is 0 Å². The lowest BCUT2D eigenvalue weighted by Crippen LogP contribution is -2.30. The molecule has 1 aromatic rings. The maximum atomic E-state index is 11.4. The number of nitrogens with two attached hydrogens (primary N) is 1. The van der Waals surface area contributed by atoms with E-state index in [0.717, 1.165) is 5.56 Å². The van der Waals surface area contributed by atoms with Crippen LogP contribution in [0.1, 0.15) is 5.56 Å². The summed E-state index contributed by atoms with van der Waals surface area (Å²) in [7, 11) is 1.52. The second-order valence-corrected chi connectivity index (χ2v) is 3.05. The molecule has 0 aromatic carbocycles. The van der Waals surface area contributed by atoms with E-state index in [2.05, 4.69) is 5.32 Å². The fraction of sp³-hybridized carbons (Fsp3) is 0.333. The summed E-state index contributed by atoms with van der Waals surface area (Å²) in [5.74, 6) is -0.227. The number of carbonyl (C=O) groups is 1. The molecule has 0 aliphatic carbocycles. The van der Waals surface area contributed by atoms with Crippen LogP contribution in [-0.4, -0.2) is 17.5 Å². The van der Waals surface area contributed by atoms with Gasteiger partial charge in [0.15, 0.2) is 0 Å². The zero-order chi connectivity index (χ0) is 10.7. The van der Waals surface area contributed by atoms with Gasteiger partial charge in [0.05, 0.1) is 5.69 Å². The SMILES string of the molecule is CNC(=O)Cn1cc(N)c(C)cc1=O. The minimum Gasteiger partial charge on any atom is -0.397 e. The van der Waals surface area contributed by atoms with Gasteiger partial charge in [0.25, 0.3) is 5.56 Å². The van der Waals surface area contributed by atoms with Gasteiger partial charge in [-0.1, -0.05) is 0 Å². The highest BCUT2D eigenvalue weighted by molar-refractivity contribution is 5.75. The van der Waals surface area contributed by atoms with Gasteiger partial charge in [0.2, 0.25) is 5.91 Å². The van der Waals surface area contributed by atoms with Gasteiger partial charge in [0, 0.05) is 19.3 Å². The van der Waals surface area contributed by atoms with E-state index in [-0.39, 0.29) is 18.0 Å². The molecule has 1 rings (SSSR count). The largest absolute Gasteiger partial charge is 0.397 e.